The third-order valence-corrected chi connectivity index (χ3v) is 6.78. The van der Waals surface area contributed by atoms with Crippen molar-refractivity contribution in [3.63, 3.8) is 0 Å². The summed E-state index contributed by atoms with van der Waals surface area (Å²) < 4.78 is 18.4. The van der Waals surface area contributed by atoms with Gasteiger partial charge >= 0.3 is 0 Å². The van der Waals surface area contributed by atoms with Gasteiger partial charge in [0.05, 0.1) is 26.1 Å². The predicted molar refractivity (Wildman–Crippen MR) is 139 cm³/mol. The number of phenolic OH excluding ortho intramolecular Hbond substituents is 1. The van der Waals surface area contributed by atoms with Gasteiger partial charge in [-0.1, -0.05) is 35.3 Å². The number of phenols is 1. The van der Waals surface area contributed by atoms with Crippen LogP contribution in [0.5, 0.6) is 23.0 Å². The van der Waals surface area contributed by atoms with Crippen LogP contribution in [0.2, 0.25) is 10.0 Å². The summed E-state index contributed by atoms with van der Waals surface area (Å²) in [5.74, 6) is 1.05. The molecular formula is C25H19Cl2IN2O4. The molecule has 174 valence electrons. The monoisotopic (exact) mass is 608 g/mol. The number of hydrogen-bond donors (Lipinski definition) is 2. The Labute approximate surface area is 220 Å². The predicted octanol–water partition coefficient (Wildman–Crippen LogP) is 6.50. The molecule has 1 aliphatic rings. The van der Waals surface area contributed by atoms with Crippen LogP contribution >= 0.6 is 45.8 Å². The van der Waals surface area contributed by atoms with E-state index in [0.717, 1.165) is 14.7 Å². The second-order valence-corrected chi connectivity index (χ2v) is 9.42. The highest BCUT2D eigenvalue weighted by Gasteiger charge is 2.32. The maximum Gasteiger partial charge on any atom is 0.205 e. The SMILES string of the molecule is CCOc1cc([C@@H]2C(C#N)=C(N)Oc3cc(O)ccc32)cc(I)c1OCc1ccc(Cl)c(Cl)c1. The van der Waals surface area contributed by atoms with Crippen LogP contribution in [0.4, 0.5) is 0 Å². The van der Waals surface area contributed by atoms with Crippen molar-refractivity contribution in [2.75, 3.05) is 6.61 Å². The molecule has 3 aromatic rings. The maximum absolute atomic E-state index is 9.88. The summed E-state index contributed by atoms with van der Waals surface area (Å²) in [5, 5.41) is 20.6. The number of ether oxygens (including phenoxy) is 3. The van der Waals surface area contributed by atoms with Crippen molar-refractivity contribution in [2.24, 2.45) is 5.73 Å². The van der Waals surface area contributed by atoms with Gasteiger partial charge in [-0.3, -0.25) is 0 Å². The summed E-state index contributed by atoms with van der Waals surface area (Å²) in [4.78, 5) is 0. The summed E-state index contributed by atoms with van der Waals surface area (Å²) in [5.41, 5.74) is 8.69. The number of fused-ring (bicyclic) bond motifs is 1. The third-order valence-electron chi connectivity index (χ3n) is 5.23. The summed E-state index contributed by atoms with van der Waals surface area (Å²) in [6.45, 7) is 2.57. The Bertz CT molecular complexity index is 1340. The lowest BCUT2D eigenvalue weighted by Gasteiger charge is -2.27. The average Bonchev–Trinajstić information content (AvgIpc) is 2.79. The van der Waals surface area contributed by atoms with Crippen molar-refractivity contribution in [3.05, 3.63) is 90.3 Å². The minimum absolute atomic E-state index is 0.00138. The molecule has 0 aromatic heterocycles. The molecular weight excluding hydrogens is 590 g/mol. The number of nitrogens with zero attached hydrogens (tertiary/aromatic N) is 1. The molecule has 3 aromatic carbocycles. The second-order valence-electron chi connectivity index (χ2n) is 7.45. The molecule has 0 saturated heterocycles. The molecule has 0 bridgehead atoms. The standard InChI is InChI=1S/C25H19Cl2IN2O4/c1-2-32-22-9-14(8-20(28)24(22)33-12-13-3-6-18(26)19(27)7-13)23-16-5-4-15(31)10-21(16)34-25(30)17(23)11-29/h3-10,23,31H,2,12,30H2,1H3/t23-/m0/s1. The molecule has 6 nitrogen and oxygen atoms in total. The lowest BCUT2D eigenvalue weighted by atomic mass is 9.83. The zero-order valence-electron chi connectivity index (χ0n) is 17.9. The molecule has 0 spiro atoms. The molecule has 1 aliphatic heterocycles. The van der Waals surface area contributed by atoms with Crippen LogP contribution < -0.4 is 19.9 Å². The van der Waals surface area contributed by atoms with Crippen LogP contribution in [-0.4, -0.2) is 11.7 Å². The quantitative estimate of drug-likeness (QED) is 0.310. The number of allylic oxidation sites excluding steroid dienone is 1. The van der Waals surface area contributed by atoms with Gasteiger partial charge in [-0.2, -0.15) is 5.26 Å². The summed E-state index contributed by atoms with van der Waals surface area (Å²) in [6.07, 6.45) is 0. The van der Waals surface area contributed by atoms with Gasteiger partial charge < -0.3 is 25.1 Å². The Morgan fingerprint density at radius 3 is 2.62 bits per heavy atom. The van der Waals surface area contributed by atoms with E-state index >= 15 is 0 Å². The van der Waals surface area contributed by atoms with Gasteiger partial charge in [-0.15, -0.1) is 0 Å². The van der Waals surface area contributed by atoms with Gasteiger partial charge in [0.1, 0.15) is 29.7 Å². The largest absolute Gasteiger partial charge is 0.508 e. The Kier molecular flexibility index (Phi) is 7.31. The van der Waals surface area contributed by atoms with E-state index in [9.17, 15) is 10.4 Å². The van der Waals surface area contributed by atoms with Crippen molar-refractivity contribution in [3.8, 4) is 29.1 Å². The molecule has 0 amide bonds. The molecule has 1 atom stereocenters. The number of benzene rings is 3. The van der Waals surface area contributed by atoms with E-state index in [4.69, 9.17) is 43.1 Å². The number of halogens is 3. The summed E-state index contributed by atoms with van der Waals surface area (Å²) in [7, 11) is 0. The Morgan fingerprint density at radius 1 is 1.12 bits per heavy atom. The molecule has 0 unspecified atom stereocenters. The van der Waals surface area contributed by atoms with E-state index in [1.54, 1.807) is 24.3 Å². The number of aromatic hydroxyl groups is 1. The Balaban J connectivity index is 1.75. The Morgan fingerprint density at radius 2 is 1.91 bits per heavy atom. The van der Waals surface area contributed by atoms with Crippen LogP contribution in [0.1, 0.15) is 29.5 Å². The third kappa shape index (κ3) is 4.85. The van der Waals surface area contributed by atoms with Gasteiger partial charge in [0.2, 0.25) is 5.88 Å². The molecule has 34 heavy (non-hydrogen) atoms. The van der Waals surface area contributed by atoms with Crippen molar-refractivity contribution >= 4 is 45.8 Å². The molecule has 0 saturated carbocycles. The first-order valence-electron chi connectivity index (χ1n) is 10.3. The highest BCUT2D eigenvalue weighted by molar-refractivity contribution is 14.1. The average molecular weight is 609 g/mol. The fourth-order valence-corrected chi connectivity index (χ4v) is 4.83. The van der Waals surface area contributed by atoms with Crippen LogP contribution in [0, 0.1) is 14.9 Å². The minimum atomic E-state index is -0.494. The molecule has 0 aliphatic carbocycles. The highest BCUT2D eigenvalue weighted by atomic mass is 127. The van der Waals surface area contributed by atoms with Crippen molar-refractivity contribution in [1.29, 1.82) is 5.26 Å². The first-order valence-corrected chi connectivity index (χ1v) is 12.1. The lowest BCUT2D eigenvalue weighted by Crippen LogP contribution is -2.21. The first kappa shape index (κ1) is 24.3. The molecule has 0 fully saturated rings. The molecule has 9 heteroatoms. The number of nitrogens with two attached hydrogens (primary N) is 1. The molecule has 1 heterocycles. The Hall–Kier alpha value is -2.80. The van der Waals surface area contributed by atoms with E-state index in [0.29, 0.717) is 39.5 Å². The molecule has 4 rings (SSSR count). The first-order chi connectivity index (χ1) is 16.3. The number of nitriles is 1. The topological polar surface area (TPSA) is 97.7 Å². The molecule has 0 radical (unpaired) electrons. The fraction of sp³-hybridized carbons (Fsp3) is 0.160. The van der Waals surface area contributed by atoms with Crippen LogP contribution in [0.15, 0.2) is 60.0 Å². The van der Waals surface area contributed by atoms with Crippen LogP contribution in [-0.2, 0) is 6.61 Å². The van der Waals surface area contributed by atoms with Crippen LogP contribution in [0.3, 0.4) is 0 Å². The lowest BCUT2D eigenvalue weighted by molar-refractivity contribution is 0.267. The maximum atomic E-state index is 9.88. The second kappa shape index (κ2) is 10.2. The van der Waals surface area contributed by atoms with E-state index in [-0.39, 0.29) is 23.8 Å². The van der Waals surface area contributed by atoms with Gasteiger partial charge in [-0.25, -0.2) is 0 Å². The van der Waals surface area contributed by atoms with Gasteiger partial charge in [-0.05, 0) is 71.0 Å². The highest BCUT2D eigenvalue weighted by Crippen LogP contribution is 2.46. The summed E-state index contributed by atoms with van der Waals surface area (Å²) >= 11 is 14.3. The van der Waals surface area contributed by atoms with Crippen molar-refractivity contribution < 1.29 is 19.3 Å². The number of hydrogen-bond acceptors (Lipinski definition) is 6. The van der Waals surface area contributed by atoms with E-state index in [2.05, 4.69) is 28.7 Å². The van der Waals surface area contributed by atoms with E-state index in [1.165, 1.54) is 6.07 Å². The zero-order chi connectivity index (χ0) is 24.4. The van der Waals surface area contributed by atoms with Crippen molar-refractivity contribution in [1.82, 2.24) is 0 Å². The number of rotatable bonds is 6. The normalized spacial score (nSPS) is 14.7. The smallest absolute Gasteiger partial charge is 0.205 e. The van der Waals surface area contributed by atoms with E-state index in [1.807, 2.05) is 25.1 Å². The van der Waals surface area contributed by atoms with Crippen LogP contribution in [0.25, 0.3) is 0 Å². The zero-order valence-corrected chi connectivity index (χ0v) is 21.6. The summed E-state index contributed by atoms with van der Waals surface area (Å²) in [6, 6.07) is 16.0. The molecule has 3 N–H and O–H groups in total. The van der Waals surface area contributed by atoms with Gasteiger partial charge in [0.15, 0.2) is 11.5 Å². The van der Waals surface area contributed by atoms with Crippen molar-refractivity contribution in [2.45, 2.75) is 19.4 Å². The van der Waals surface area contributed by atoms with Gasteiger partial charge in [0.25, 0.3) is 0 Å². The van der Waals surface area contributed by atoms with Gasteiger partial charge in [0, 0.05) is 11.6 Å². The fourth-order valence-electron chi connectivity index (χ4n) is 3.73. The van der Waals surface area contributed by atoms with E-state index < -0.39 is 5.92 Å². The minimum Gasteiger partial charge on any atom is -0.508 e.